The Kier molecular flexibility index (Phi) is 3.48. The zero-order valence-electron chi connectivity index (χ0n) is 10.7. The van der Waals surface area contributed by atoms with E-state index >= 15 is 0 Å². The summed E-state index contributed by atoms with van der Waals surface area (Å²) in [6, 6.07) is 5.45. The fraction of sp³-hybridized carbons (Fsp3) is 0.667. The van der Waals surface area contributed by atoms with Gasteiger partial charge in [-0.1, -0.05) is 31.7 Å². The number of aromatic nitrogens is 1. The predicted octanol–water partition coefficient (Wildman–Crippen LogP) is 3.99. The van der Waals surface area contributed by atoms with E-state index in [2.05, 4.69) is 10.3 Å². The summed E-state index contributed by atoms with van der Waals surface area (Å²) in [5.74, 6) is 2.14. The predicted molar refractivity (Wildman–Crippen MR) is 70.9 cm³/mol. The summed E-state index contributed by atoms with van der Waals surface area (Å²) in [6.45, 7) is 0. The average Bonchev–Trinajstić information content (AvgIpc) is 2.39. The molecule has 2 fully saturated rings. The number of halogens is 1. The second-order valence-corrected chi connectivity index (χ2v) is 5.80. The van der Waals surface area contributed by atoms with Gasteiger partial charge < -0.3 is 5.32 Å². The van der Waals surface area contributed by atoms with Crippen molar-refractivity contribution in [3.63, 3.8) is 0 Å². The van der Waals surface area contributed by atoms with Crippen LogP contribution in [0.2, 0.25) is 0 Å². The van der Waals surface area contributed by atoms with Gasteiger partial charge in [0.15, 0.2) is 0 Å². The topological polar surface area (TPSA) is 24.9 Å². The molecule has 1 aromatic heterocycles. The molecule has 3 unspecified atom stereocenters. The molecule has 98 valence electrons. The largest absolute Gasteiger partial charge is 0.367 e. The van der Waals surface area contributed by atoms with Crippen LogP contribution in [0.5, 0.6) is 0 Å². The molecular weight excluding hydrogens is 227 g/mol. The van der Waals surface area contributed by atoms with E-state index in [0.29, 0.717) is 11.9 Å². The Labute approximate surface area is 108 Å². The van der Waals surface area contributed by atoms with Crippen molar-refractivity contribution in [2.24, 2.45) is 11.8 Å². The Bertz CT molecular complexity index is 407. The van der Waals surface area contributed by atoms with E-state index in [-0.39, 0.29) is 0 Å². The van der Waals surface area contributed by atoms with E-state index in [1.165, 1.54) is 51.0 Å². The first-order valence-electron chi connectivity index (χ1n) is 7.20. The highest BCUT2D eigenvalue weighted by atomic mass is 19.1. The van der Waals surface area contributed by atoms with Gasteiger partial charge in [0.2, 0.25) is 5.95 Å². The monoisotopic (exact) mass is 248 g/mol. The van der Waals surface area contributed by atoms with E-state index in [1.807, 2.05) is 6.07 Å². The van der Waals surface area contributed by atoms with Gasteiger partial charge in [-0.05, 0) is 43.2 Å². The summed E-state index contributed by atoms with van der Waals surface area (Å²) < 4.78 is 13.0. The summed E-state index contributed by atoms with van der Waals surface area (Å²) in [7, 11) is 0. The van der Waals surface area contributed by atoms with E-state index in [9.17, 15) is 4.39 Å². The van der Waals surface area contributed by atoms with Crippen molar-refractivity contribution in [1.29, 1.82) is 0 Å². The molecule has 0 aliphatic heterocycles. The molecule has 2 aliphatic carbocycles. The maximum atomic E-state index is 13.0. The summed E-state index contributed by atoms with van der Waals surface area (Å²) in [5, 5.41) is 3.40. The van der Waals surface area contributed by atoms with Gasteiger partial charge in [0.1, 0.15) is 5.82 Å². The zero-order valence-corrected chi connectivity index (χ0v) is 10.7. The lowest BCUT2D eigenvalue weighted by molar-refractivity contribution is 0.162. The van der Waals surface area contributed by atoms with Gasteiger partial charge in [-0.25, -0.2) is 4.98 Å². The molecule has 0 bridgehead atoms. The van der Waals surface area contributed by atoms with Crippen molar-refractivity contribution in [3.8, 4) is 0 Å². The van der Waals surface area contributed by atoms with Crippen LogP contribution in [-0.2, 0) is 0 Å². The molecule has 0 aromatic carbocycles. The van der Waals surface area contributed by atoms with E-state index < -0.39 is 5.95 Å². The highest BCUT2D eigenvalue weighted by Gasteiger charge is 2.32. The molecule has 0 amide bonds. The van der Waals surface area contributed by atoms with Crippen LogP contribution in [0.1, 0.15) is 44.9 Å². The molecule has 18 heavy (non-hydrogen) atoms. The summed E-state index contributed by atoms with van der Waals surface area (Å²) in [4.78, 5) is 3.89. The van der Waals surface area contributed by atoms with Gasteiger partial charge >= 0.3 is 0 Å². The zero-order chi connectivity index (χ0) is 12.4. The summed E-state index contributed by atoms with van der Waals surface area (Å²) in [6.07, 6.45) is 9.41. The number of anilines is 1. The Balaban J connectivity index is 1.61. The van der Waals surface area contributed by atoms with Crippen molar-refractivity contribution >= 4 is 5.82 Å². The normalized spacial score (nSPS) is 31.7. The highest BCUT2D eigenvalue weighted by Crippen LogP contribution is 2.40. The number of hydrogen-bond acceptors (Lipinski definition) is 2. The number of hydrogen-bond donors (Lipinski definition) is 1. The number of rotatable bonds is 2. The molecule has 1 heterocycles. The number of nitrogens with zero attached hydrogens (tertiary/aromatic N) is 1. The van der Waals surface area contributed by atoms with E-state index in [1.54, 1.807) is 6.07 Å². The van der Waals surface area contributed by atoms with Crippen molar-refractivity contribution < 1.29 is 4.39 Å². The molecule has 3 heteroatoms. The second-order valence-electron chi connectivity index (χ2n) is 5.80. The molecule has 2 aliphatic rings. The fourth-order valence-electron chi connectivity index (χ4n) is 3.70. The number of fused-ring (bicyclic) bond motifs is 1. The maximum absolute atomic E-state index is 13.0. The van der Waals surface area contributed by atoms with Gasteiger partial charge in [0.05, 0.1) is 0 Å². The third kappa shape index (κ3) is 2.65. The lowest BCUT2D eigenvalue weighted by Crippen LogP contribution is -2.34. The van der Waals surface area contributed by atoms with Crippen LogP contribution in [-0.4, -0.2) is 11.0 Å². The molecule has 0 radical (unpaired) electrons. The van der Waals surface area contributed by atoms with Crippen LogP contribution in [0, 0.1) is 17.8 Å². The Morgan fingerprint density at radius 3 is 2.72 bits per heavy atom. The second kappa shape index (κ2) is 5.25. The molecule has 2 nitrogen and oxygen atoms in total. The van der Waals surface area contributed by atoms with Gasteiger partial charge in [-0.15, -0.1) is 0 Å². The SMILES string of the molecule is Fc1cccc(NC2CCC3CCCCC3C2)n1. The summed E-state index contributed by atoms with van der Waals surface area (Å²) in [5.41, 5.74) is 0. The van der Waals surface area contributed by atoms with Crippen LogP contribution < -0.4 is 5.32 Å². The summed E-state index contributed by atoms with van der Waals surface area (Å²) >= 11 is 0. The molecule has 1 N–H and O–H groups in total. The van der Waals surface area contributed by atoms with Crippen molar-refractivity contribution in [3.05, 3.63) is 24.1 Å². The van der Waals surface area contributed by atoms with Crippen molar-refractivity contribution in [2.45, 2.75) is 51.0 Å². The van der Waals surface area contributed by atoms with Crippen LogP contribution in [0.4, 0.5) is 10.2 Å². The first-order chi connectivity index (χ1) is 8.81. The third-order valence-corrected chi connectivity index (χ3v) is 4.61. The van der Waals surface area contributed by atoms with Crippen LogP contribution >= 0.6 is 0 Å². The van der Waals surface area contributed by atoms with E-state index in [4.69, 9.17) is 0 Å². The third-order valence-electron chi connectivity index (χ3n) is 4.61. The molecule has 0 spiro atoms. The van der Waals surface area contributed by atoms with Gasteiger partial charge in [-0.3, -0.25) is 0 Å². The molecule has 3 rings (SSSR count). The number of pyridine rings is 1. The highest BCUT2D eigenvalue weighted by molar-refractivity contribution is 5.35. The number of nitrogens with one attached hydrogen (secondary N) is 1. The van der Waals surface area contributed by atoms with Crippen LogP contribution in [0.15, 0.2) is 18.2 Å². The Hall–Kier alpha value is -1.12. The van der Waals surface area contributed by atoms with Gasteiger partial charge in [-0.2, -0.15) is 4.39 Å². The smallest absolute Gasteiger partial charge is 0.214 e. The fourth-order valence-corrected chi connectivity index (χ4v) is 3.70. The van der Waals surface area contributed by atoms with Crippen molar-refractivity contribution in [2.75, 3.05) is 5.32 Å². The van der Waals surface area contributed by atoms with Crippen LogP contribution in [0.25, 0.3) is 0 Å². The minimum atomic E-state index is -0.397. The quantitative estimate of drug-likeness (QED) is 0.800. The molecular formula is C15H21FN2. The van der Waals surface area contributed by atoms with E-state index in [0.717, 1.165) is 11.8 Å². The lowest BCUT2D eigenvalue weighted by atomic mass is 9.69. The Morgan fingerprint density at radius 1 is 1.06 bits per heavy atom. The molecule has 1 aromatic rings. The maximum Gasteiger partial charge on any atom is 0.214 e. The standard InChI is InChI=1S/C15H21FN2/c16-14-6-3-7-15(18-14)17-13-9-8-11-4-1-2-5-12(11)10-13/h3,6-7,11-13H,1-2,4-5,8-10H2,(H,17,18). The van der Waals surface area contributed by atoms with Gasteiger partial charge in [0.25, 0.3) is 0 Å². The van der Waals surface area contributed by atoms with Crippen molar-refractivity contribution in [1.82, 2.24) is 4.98 Å². The average molecular weight is 248 g/mol. The minimum Gasteiger partial charge on any atom is -0.367 e. The minimum absolute atomic E-state index is 0.397. The lowest BCUT2D eigenvalue weighted by Gasteiger charge is -2.39. The molecule has 2 saturated carbocycles. The van der Waals surface area contributed by atoms with Crippen LogP contribution in [0.3, 0.4) is 0 Å². The first-order valence-corrected chi connectivity index (χ1v) is 7.20. The molecule has 3 atom stereocenters. The van der Waals surface area contributed by atoms with Gasteiger partial charge in [0, 0.05) is 6.04 Å². The molecule has 0 saturated heterocycles. The Morgan fingerprint density at radius 2 is 1.89 bits per heavy atom. The first kappa shape index (κ1) is 11.9.